The number of nitrogens with one attached hydrogen (secondary N) is 1. The fourth-order valence-corrected chi connectivity index (χ4v) is 1.91. The maximum atomic E-state index is 10.6. The van der Waals surface area contributed by atoms with Crippen molar-refractivity contribution < 1.29 is 9.53 Å². The average Bonchev–Trinajstić information content (AvgIpc) is 2.41. The Morgan fingerprint density at radius 3 is 2.37 bits per heavy atom. The van der Waals surface area contributed by atoms with Gasteiger partial charge in [-0.25, -0.2) is 0 Å². The molecule has 0 aliphatic rings. The molecule has 0 fully saturated rings. The summed E-state index contributed by atoms with van der Waals surface area (Å²) in [5.74, 6) is -0.231. The van der Waals surface area contributed by atoms with E-state index in [9.17, 15) is 4.79 Å². The van der Waals surface area contributed by atoms with Crippen molar-refractivity contribution in [2.75, 3.05) is 31.1 Å². The molecule has 1 aromatic carbocycles. The van der Waals surface area contributed by atoms with Crippen LogP contribution in [0.5, 0.6) is 0 Å². The Hall–Kier alpha value is -1.55. The second-order valence-corrected chi connectivity index (χ2v) is 4.36. The number of ether oxygens (including phenoxy) is 1. The molecule has 0 bridgehead atoms. The molecule has 0 amide bonds. The predicted molar refractivity (Wildman–Crippen MR) is 78.3 cm³/mol. The first kappa shape index (κ1) is 15.5. The van der Waals surface area contributed by atoms with Crippen LogP contribution < -0.4 is 10.2 Å². The van der Waals surface area contributed by atoms with Crippen LogP contribution in [0, 0.1) is 0 Å². The van der Waals surface area contributed by atoms with E-state index in [1.165, 1.54) is 18.2 Å². The zero-order chi connectivity index (χ0) is 14.1. The summed E-state index contributed by atoms with van der Waals surface area (Å²) >= 11 is 0. The van der Waals surface area contributed by atoms with E-state index in [0.29, 0.717) is 13.2 Å². The van der Waals surface area contributed by atoms with E-state index in [1.54, 1.807) is 0 Å². The molecular formula is C15H24N2O2. The highest BCUT2D eigenvalue weighted by atomic mass is 16.5. The minimum atomic E-state index is -0.231. The van der Waals surface area contributed by atoms with Crippen LogP contribution in [0.25, 0.3) is 0 Å². The molecular weight excluding hydrogens is 240 g/mol. The molecule has 1 rings (SSSR count). The van der Waals surface area contributed by atoms with Crippen molar-refractivity contribution >= 4 is 11.7 Å². The highest BCUT2D eigenvalue weighted by Gasteiger charge is 2.01. The molecule has 0 unspecified atom stereocenters. The van der Waals surface area contributed by atoms with Crippen molar-refractivity contribution in [3.8, 4) is 0 Å². The molecule has 1 aromatic rings. The van der Waals surface area contributed by atoms with Crippen LogP contribution in [0.15, 0.2) is 24.3 Å². The van der Waals surface area contributed by atoms with Crippen molar-refractivity contribution in [1.29, 1.82) is 0 Å². The molecule has 0 atom stereocenters. The second kappa shape index (κ2) is 8.53. The highest BCUT2D eigenvalue weighted by molar-refractivity contribution is 5.65. The van der Waals surface area contributed by atoms with Gasteiger partial charge in [0.1, 0.15) is 6.61 Å². The van der Waals surface area contributed by atoms with Gasteiger partial charge in [-0.2, -0.15) is 0 Å². The van der Waals surface area contributed by atoms with Crippen LogP contribution in [0.3, 0.4) is 0 Å². The van der Waals surface area contributed by atoms with Crippen molar-refractivity contribution in [2.45, 2.75) is 27.3 Å². The molecule has 1 N–H and O–H groups in total. The van der Waals surface area contributed by atoms with Crippen LogP contribution in [0.2, 0.25) is 0 Å². The highest BCUT2D eigenvalue weighted by Crippen LogP contribution is 2.14. The zero-order valence-corrected chi connectivity index (χ0v) is 12.1. The van der Waals surface area contributed by atoms with Gasteiger partial charge in [0.15, 0.2) is 0 Å². The maximum Gasteiger partial charge on any atom is 0.302 e. The van der Waals surface area contributed by atoms with E-state index in [1.807, 2.05) is 0 Å². The lowest BCUT2D eigenvalue weighted by Gasteiger charge is -2.21. The molecule has 4 nitrogen and oxygen atoms in total. The van der Waals surface area contributed by atoms with Crippen molar-refractivity contribution in [2.24, 2.45) is 0 Å². The van der Waals surface area contributed by atoms with Crippen molar-refractivity contribution in [3.05, 3.63) is 29.8 Å². The van der Waals surface area contributed by atoms with Gasteiger partial charge in [-0.15, -0.1) is 0 Å². The normalized spacial score (nSPS) is 10.3. The molecule has 4 heteroatoms. The summed E-state index contributed by atoms with van der Waals surface area (Å²) in [6.07, 6.45) is 0. The van der Waals surface area contributed by atoms with E-state index in [2.05, 4.69) is 48.3 Å². The molecule has 19 heavy (non-hydrogen) atoms. The van der Waals surface area contributed by atoms with Gasteiger partial charge in [-0.3, -0.25) is 4.79 Å². The quantitative estimate of drug-likeness (QED) is 0.577. The molecule has 0 aliphatic heterocycles. The van der Waals surface area contributed by atoms with Crippen LogP contribution in [0.1, 0.15) is 26.3 Å². The molecule has 0 spiro atoms. The maximum absolute atomic E-state index is 10.6. The fraction of sp³-hybridized carbons (Fsp3) is 0.533. The molecule has 0 saturated heterocycles. The summed E-state index contributed by atoms with van der Waals surface area (Å²) in [5, 5.41) is 3.24. The van der Waals surface area contributed by atoms with Gasteiger partial charge in [-0.1, -0.05) is 12.1 Å². The van der Waals surface area contributed by atoms with Gasteiger partial charge in [0.2, 0.25) is 0 Å². The van der Waals surface area contributed by atoms with E-state index in [-0.39, 0.29) is 5.97 Å². The molecule has 0 heterocycles. The first-order chi connectivity index (χ1) is 9.17. The van der Waals surface area contributed by atoms with E-state index < -0.39 is 0 Å². The van der Waals surface area contributed by atoms with Crippen LogP contribution in [-0.2, 0) is 16.1 Å². The van der Waals surface area contributed by atoms with E-state index in [0.717, 1.165) is 19.6 Å². The first-order valence-corrected chi connectivity index (χ1v) is 6.85. The SMILES string of the molecule is CCN(CC)c1ccc(CNCCOC(C)=O)cc1. The van der Waals surface area contributed by atoms with E-state index in [4.69, 9.17) is 4.74 Å². The van der Waals surface area contributed by atoms with Crippen LogP contribution in [-0.4, -0.2) is 32.2 Å². The average molecular weight is 264 g/mol. The Morgan fingerprint density at radius 2 is 1.84 bits per heavy atom. The third kappa shape index (κ3) is 5.75. The van der Waals surface area contributed by atoms with Gasteiger partial charge >= 0.3 is 5.97 Å². The van der Waals surface area contributed by atoms with Gasteiger partial charge in [-0.05, 0) is 31.5 Å². The van der Waals surface area contributed by atoms with Gasteiger partial charge in [0, 0.05) is 38.8 Å². The zero-order valence-electron chi connectivity index (χ0n) is 12.1. The third-order valence-electron chi connectivity index (χ3n) is 2.98. The number of nitrogens with zero attached hydrogens (tertiary/aromatic N) is 1. The Kier molecular flexibility index (Phi) is 6.97. The minimum Gasteiger partial charge on any atom is -0.465 e. The molecule has 0 radical (unpaired) electrons. The Morgan fingerprint density at radius 1 is 1.21 bits per heavy atom. The Labute approximate surface area is 115 Å². The lowest BCUT2D eigenvalue weighted by molar-refractivity contribution is -0.140. The molecule has 106 valence electrons. The number of hydrogen-bond donors (Lipinski definition) is 1. The number of rotatable bonds is 8. The summed E-state index contributed by atoms with van der Waals surface area (Å²) < 4.78 is 4.85. The lowest BCUT2D eigenvalue weighted by atomic mass is 10.2. The standard InChI is InChI=1S/C15H24N2O2/c1-4-17(5-2)15-8-6-14(7-9-15)12-16-10-11-19-13(3)18/h6-9,16H,4-5,10-12H2,1-3H3. The van der Waals surface area contributed by atoms with Gasteiger partial charge < -0.3 is 15.0 Å². The Bertz CT molecular complexity index is 372. The number of carbonyl (C=O) groups is 1. The largest absolute Gasteiger partial charge is 0.465 e. The number of esters is 1. The minimum absolute atomic E-state index is 0.231. The summed E-state index contributed by atoms with van der Waals surface area (Å²) in [6.45, 7) is 9.69. The molecule has 0 aliphatic carbocycles. The summed E-state index contributed by atoms with van der Waals surface area (Å²) in [7, 11) is 0. The van der Waals surface area contributed by atoms with Gasteiger partial charge in [0.05, 0.1) is 0 Å². The predicted octanol–water partition coefficient (Wildman–Crippen LogP) is 2.19. The van der Waals surface area contributed by atoms with Crippen LogP contribution in [0.4, 0.5) is 5.69 Å². The number of hydrogen-bond acceptors (Lipinski definition) is 4. The topological polar surface area (TPSA) is 41.6 Å². The lowest BCUT2D eigenvalue weighted by Crippen LogP contribution is -2.22. The number of benzene rings is 1. The van der Waals surface area contributed by atoms with Crippen LogP contribution >= 0.6 is 0 Å². The molecule has 0 aromatic heterocycles. The third-order valence-corrected chi connectivity index (χ3v) is 2.98. The van der Waals surface area contributed by atoms with E-state index >= 15 is 0 Å². The first-order valence-electron chi connectivity index (χ1n) is 6.85. The second-order valence-electron chi connectivity index (χ2n) is 4.36. The van der Waals surface area contributed by atoms with Crippen molar-refractivity contribution in [1.82, 2.24) is 5.32 Å². The number of carbonyl (C=O) groups excluding carboxylic acids is 1. The summed E-state index contributed by atoms with van der Waals surface area (Å²) in [4.78, 5) is 12.9. The van der Waals surface area contributed by atoms with Gasteiger partial charge in [0.25, 0.3) is 0 Å². The molecule has 0 saturated carbocycles. The summed E-state index contributed by atoms with van der Waals surface area (Å²) in [6, 6.07) is 8.56. The fourth-order valence-electron chi connectivity index (χ4n) is 1.91. The number of anilines is 1. The monoisotopic (exact) mass is 264 g/mol. The van der Waals surface area contributed by atoms with Crippen molar-refractivity contribution in [3.63, 3.8) is 0 Å². The Balaban J connectivity index is 2.34. The summed E-state index contributed by atoms with van der Waals surface area (Å²) in [5.41, 5.74) is 2.49. The smallest absolute Gasteiger partial charge is 0.302 e.